The lowest BCUT2D eigenvalue weighted by Gasteiger charge is -2.23. The molecule has 0 spiro atoms. The minimum Gasteiger partial charge on any atom is -0.399 e. The number of aromatic nitrogens is 2. The predicted molar refractivity (Wildman–Crippen MR) is 79.3 cm³/mol. The Hall–Kier alpha value is -1.37. The molecule has 2 N–H and O–H groups in total. The summed E-state index contributed by atoms with van der Waals surface area (Å²) in [4.78, 5) is 3.81. The Kier molecular flexibility index (Phi) is 3.55. The van der Waals surface area contributed by atoms with Crippen molar-refractivity contribution in [3.63, 3.8) is 0 Å². The zero-order chi connectivity index (χ0) is 15.2. The fraction of sp³-hybridized carbons (Fsp3) is 0.500. The molecule has 1 aliphatic rings. The van der Waals surface area contributed by atoms with Crippen molar-refractivity contribution in [3.05, 3.63) is 24.0 Å². The van der Waals surface area contributed by atoms with Crippen LogP contribution in [0.25, 0.3) is 11.0 Å². The molecule has 21 heavy (non-hydrogen) atoms. The van der Waals surface area contributed by atoms with Gasteiger partial charge < -0.3 is 10.3 Å². The highest BCUT2D eigenvalue weighted by atomic mass is 32.2. The van der Waals surface area contributed by atoms with Crippen LogP contribution in [0, 0.1) is 0 Å². The van der Waals surface area contributed by atoms with E-state index in [2.05, 4.69) is 4.98 Å². The molecule has 1 aromatic carbocycles. The van der Waals surface area contributed by atoms with Gasteiger partial charge in [-0.15, -0.1) is 0 Å². The summed E-state index contributed by atoms with van der Waals surface area (Å²) in [6.45, 7) is 0. The van der Waals surface area contributed by atoms with Gasteiger partial charge >= 0.3 is 6.18 Å². The molecule has 3 rings (SSSR count). The predicted octanol–water partition coefficient (Wildman–Crippen LogP) is 4.09. The molecule has 0 saturated heterocycles. The van der Waals surface area contributed by atoms with Crippen molar-refractivity contribution in [2.45, 2.75) is 36.7 Å². The number of fused-ring (bicyclic) bond motifs is 1. The molecule has 1 fully saturated rings. The van der Waals surface area contributed by atoms with Gasteiger partial charge in [0.05, 0.1) is 11.0 Å². The maximum absolute atomic E-state index is 13.4. The first kappa shape index (κ1) is 14.6. The summed E-state index contributed by atoms with van der Waals surface area (Å²) in [5, 5.41) is 0.195. The van der Waals surface area contributed by atoms with E-state index >= 15 is 0 Å². The fourth-order valence-electron chi connectivity index (χ4n) is 3.13. The van der Waals surface area contributed by atoms with Gasteiger partial charge in [-0.25, -0.2) is 4.98 Å². The van der Waals surface area contributed by atoms with E-state index in [1.165, 1.54) is 10.6 Å². The number of benzene rings is 1. The van der Waals surface area contributed by atoms with E-state index in [1.54, 1.807) is 23.9 Å². The topological polar surface area (TPSA) is 43.8 Å². The number of anilines is 1. The lowest BCUT2D eigenvalue weighted by Crippen LogP contribution is -2.22. The Morgan fingerprint density at radius 3 is 2.76 bits per heavy atom. The summed E-state index contributed by atoms with van der Waals surface area (Å²) in [6.07, 6.45) is 0.136. The van der Waals surface area contributed by atoms with Crippen molar-refractivity contribution >= 4 is 28.5 Å². The monoisotopic (exact) mass is 315 g/mol. The Morgan fingerprint density at radius 1 is 1.33 bits per heavy atom. The van der Waals surface area contributed by atoms with E-state index in [1.807, 2.05) is 6.26 Å². The third-order valence-corrected chi connectivity index (χ3v) is 5.17. The molecular weight excluding hydrogens is 299 g/mol. The van der Waals surface area contributed by atoms with Crippen molar-refractivity contribution in [2.24, 2.45) is 0 Å². The second-order valence-corrected chi connectivity index (χ2v) is 6.40. The smallest absolute Gasteiger partial charge is 0.399 e. The van der Waals surface area contributed by atoms with E-state index in [0.717, 1.165) is 19.3 Å². The summed E-state index contributed by atoms with van der Waals surface area (Å²) in [5.74, 6) is -0.811. The van der Waals surface area contributed by atoms with Crippen LogP contribution in [0.2, 0.25) is 0 Å². The van der Waals surface area contributed by atoms with Crippen LogP contribution in [0.3, 0.4) is 0 Å². The van der Waals surface area contributed by atoms with Crippen molar-refractivity contribution < 1.29 is 13.2 Å². The Labute approximate surface area is 124 Å². The van der Waals surface area contributed by atoms with Crippen LogP contribution in [0.5, 0.6) is 0 Å². The molecule has 3 nitrogen and oxygen atoms in total. The summed E-state index contributed by atoms with van der Waals surface area (Å²) < 4.78 is 41.4. The Morgan fingerprint density at radius 2 is 2.10 bits per heavy atom. The molecule has 1 heterocycles. The average molecular weight is 315 g/mol. The number of rotatable bonds is 2. The molecule has 1 saturated carbocycles. The third-order valence-electron chi connectivity index (χ3n) is 4.02. The normalized spacial score (nSPS) is 23.0. The lowest BCUT2D eigenvalue weighted by atomic mass is 10.2. The van der Waals surface area contributed by atoms with E-state index < -0.39 is 12.0 Å². The van der Waals surface area contributed by atoms with Crippen molar-refractivity contribution in [3.8, 4) is 0 Å². The molecule has 7 heteroatoms. The van der Waals surface area contributed by atoms with Gasteiger partial charge in [-0.3, -0.25) is 0 Å². The molecule has 114 valence electrons. The molecule has 2 unspecified atom stereocenters. The van der Waals surface area contributed by atoms with Gasteiger partial charge in [-0.05, 0) is 37.3 Å². The number of thioether (sulfide) groups is 1. The first-order valence-corrected chi connectivity index (χ1v) is 8.08. The first-order chi connectivity index (χ1) is 9.91. The van der Waals surface area contributed by atoms with Crippen LogP contribution >= 0.6 is 11.8 Å². The number of hydrogen-bond acceptors (Lipinski definition) is 3. The quantitative estimate of drug-likeness (QED) is 0.849. The highest BCUT2D eigenvalue weighted by Gasteiger charge is 2.41. The van der Waals surface area contributed by atoms with E-state index in [4.69, 9.17) is 5.73 Å². The zero-order valence-electron chi connectivity index (χ0n) is 11.5. The van der Waals surface area contributed by atoms with E-state index in [-0.39, 0.29) is 11.3 Å². The summed E-state index contributed by atoms with van der Waals surface area (Å²) in [5.41, 5.74) is 6.92. The van der Waals surface area contributed by atoms with E-state index in [9.17, 15) is 13.2 Å². The molecule has 0 bridgehead atoms. The number of nitrogens with zero attached hydrogens (tertiary/aromatic N) is 2. The molecule has 0 aliphatic heterocycles. The van der Waals surface area contributed by atoms with Gasteiger partial charge in [0.25, 0.3) is 0 Å². The number of halogens is 3. The zero-order valence-corrected chi connectivity index (χ0v) is 12.3. The molecule has 2 atom stereocenters. The highest BCUT2D eigenvalue weighted by molar-refractivity contribution is 7.99. The number of hydrogen-bond donors (Lipinski definition) is 1. The second-order valence-electron chi connectivity index (χ2n) is 5.32. The summed E-state index contributed by atoms with van der Waals surface area (Å²) in [7, 11) is 0. The van der Waals surface area contributed by atoms with Gasteiger partial charge in [-0.1, -0.05) is 6.42 Å². The van der Waals surface area contributed by atoms with Gasteiger partial charge in [0.15, 0.2) is 0 Å². The molecule has 1 aromatic heterocycles. The Balaban J connectivity index is 2.23. The van der Waals surface area contributed by atoms with Crippen molar-refractivity contribution in [1.82, 2.24) is 9.55 Å². The van der Waals surface area contributed by atoms with Crippen LogP contribution in [-0.4, -0.2) is 21.1 Å². The molecular formula is C14H16F3N3S. The van der Waals surface area contributed by atoms with Crippen LogP contribution < -0.4 is 5.73 Å². The standard InChI is InChI=1S/C14H16F3N3S/c1-21-12-4-2-3-11(12)20-10-6-5-8(18)7-9(10)19-13(20)14(15,16)17/h5-7,11-12H,2-4,18H2,1H3. The van der Waals surface area contributed by atoms with Crippen LogP contribution in [0.4, 0.5) is 18.9 Å². The minimum atomic E-state index is -4.46. The first-order valence-electron chi connectivity index (χ1n) is 6.79. The average Bonchev–Trinajstić information content (AvgIpc) is 2.99. The van der Waals surface area contributed by atoms with Gasteiger partial charge in [0.2, 0.25) is 5.82 Å². The number of nitrogen functional groups attached to an aromatic ring is 1. The summed E-state index contributed by atoms with van der Waals surface area (Å²) >= 11 is 1.63. The second kappa shape index (κ2) is 5.12. The SMILES string of the molecule is CSC1CCCC1n1c(C(F)(F)F)nc2cc(N)ccc21. The van der Waals surface area contributed by atoms with Gasteiger partial charge in [0.1, 0.15) is 0 Å². The number of imidazole rings is 1. The number of nitrogens with two attached hydrogens (primary N) is 1. The molecule has 2 aromatic rings. The maximum atomic E-state index is 13.4. The fourth-order valence-corrected chi connectivity index (χ4v) is 4.10. The van der Waals surface area contributed by atoms with Crippen LogP contribution in [-0.2, 0) is 6.18 Å². The minimum absolute atomic E-state index is 0.162. The largest absolute Gasteiger partial charge is 0.449 e. The lowest BCUT2D eigenvalue weighted by molar-refractivity contribution is -0.147. The van der Waals surface area contributed by atoms with Crippen LogP contribution in [0.15, 0.2) is 18.2 Å². The third kappa shape index (κ3) is 2.47. The molecule has 0 radical (unpaired) electrons. The Bertz CT molecular complexity index is 665. The van der Waals surface area contributed by atoms with Crippen molar-refractivity contribution in [1.29, 1.82) is 0 Å². The van der Waals surface area contributed by atoms with Gasteiger partial charge in [0, 0.05) is 17.0 Å². The van der Waals surface area contributed by atoms with Crippen LogP contribution in [0.1, 0.15) is 31.1 Å². The molecule has 0 amide bonds. The van der Waals surface area contributed by atoms with Gasteiger partial charge in [-0.2, -0.15) is 24.9 Å². The highest BCUT2D eigenvalue weighted by Crippen LogP contribution is 2.43. The number of alkyl halides is 3. The summed E-state index contributed by atoms with van der Waals surface area (Å²) in [6, 6.07) is 4.61. The van der Waals surface area contributed by atoms with E-state index in [0.29, 0.717) is 16.7 Å². The maximum Gasteiger partial charge on any atom is 0.449 e. The van der Waals surface area contributed by atoms with Crippen molar-refractivity contribution in [2.75, 3.05) is 12.0 Å². The molecule has 1 aliphatic carbocycles.